The van der Waals surface area contributed by atoms with Crippen LogP contribution in [0.15, 0.2) is 60.7 Å². The van der Waals surface area contributed by atoms with Crippen molar-refractivity contribution in [3.63, 3.8) is 0 Å². The highest BCUT2D eigenvalue weighted by Gasteiger charge is 2.12. The molecule has 0 atom stereocenters. The summed E-state index contributed by atoms with van der Waals surface area (Å²) >= 11 is -1.18. The minimum atomic E-state index is -1.18. The van der Waals surface area contributed by atoms with Gasteiger partial charge in [0.05, 0.1) is 6.04 Å². The first-order chi connectivity index (χ1) is 7.92. The van der Waals surface area contributed by atoms with Gasteiger partial charge in [-0.2, -0.15) is 0 Å². The number of benzene rings is 2. The van der Waals surface area contributed by atoms with Crippen LogP contribution in [0.4, 0.5) is 0 Å². The summed E-state index contributed by atoms with van der Waals surface area (Å²) in [6.07, 6.45) is 0. The van der Waals surface area contributed by atoms with Crippen molar-refractivity contribution in [3.05, 3.63) is 71.8 Å². The third kappa shape index (κ3) is 2.74. The largest absolute Gasteiger partial charge is 0.252 e. The Hall–Kier alpha value is -1.07. The van der Waals surface area contributed by atoms with Crippen molar-refractivity contribution in [2.24, 2.45) is 0 Å². The zero-order chi connectivity index (χ0) is 11.2. The lowest BCUT2D eigenvalue weighted by atomic mass is 10.00. The smallest absolute Gasteiger partial charge is 0.237 e. The van der Waals surface area contributed by atoms with Gasteiger partial charge in [-0.25, -0.2) is 3.53 Å². The highest BCUT2D eigenvalue weighted by molar-refractivity contribution is 14.1. The van der Waals surface area contributed by atoms with Crippen molar-refractivity contribution < 1.29 is 3.07 Å². The van der Waals surface area contributed by atoms with Crippen molar-refractivity contribution in [1.29, 1.82) is 0 Å². The van der Waals surface area contributed by atoms with E-state index in [2.05, 4.69) is 3.53 Å². The lowest BCUT2D eigenvalue weighted by molar-refractivity contribution is 0.644. The monoisotopic (exact) mass is 325 g/mol. The molecule has 0 unspecified atom stereocenters. The van der Waals surface area contributed by atoms with E-state index in [9.17, 15) is 3.07 Å². The van der Waals surface area contributed by atoms with E-state index >= 15 is 0 Å². The molecule has 82 valence electrons. The second-order valence-electron chi connectivity index (χ2n) is 3.44. The van der Waals surface area contributed by atoms with Crippen LogP contribution in [0.1, 0.15) is 17.2 Å². The van der Waals surface area contributed by atoms with E-state index < -0.39 is 21.5 Å². The second kappa shape index (κ2) is 5.86. The summed E-state index contributed by atoms with van der Waals surface area (Å²) in [5.41, 5.74) is 2.29. The van der Waals surface area contributed by atoms with Gasteiger partial charge >= 0.3 is 0 Å². The van der Waals surface area contributed by atoms with E-state index in [1.165, 1.54) is 0 Å². The number of hydrogen-bond donors (Lipinski definition) is 1. The number of hydrogen-bond acceptors (Lipinski definition) is 1. The van der Waals surface area contributed by atoms with Gasteiger partial charge in [-0.1, -0.05) is 60.7 Å². The first-order valence-corrected chi connectivity index (χ1v) is 6.99. The highest BCUT2D eigenvalue weighted by Crippen LogP contribution is 2.23. The summed E-state index contributed by atoms with van der Waals surface area (Å²) in [6, 6.07) is 20.2. The summed E-state index contributed by atoms with van der Waals surface area (Å²) in [6.45, 7) is 0. The molecular weight excluding hydrogens is 313 g/mol. The van der Waals surface area contributed by atoms with Crippen LogP contribution in [0.5, 0.6) is 0 Å². The summed E-state index contributed by atoms with van der Waals surface area (Å²) < 4.78 is 14.0. The van der Waals surface area contributed by atoms with E-state index in [1.54, 1.807) is 0 Å². The third-order valence-corrected chi connectivity index (χ3v) is 3.30. The maximum absolute atomic E-state index is 10.9. The molecule has 2 nitrogen and oxygen atoms in total. The second-order valence-corrected chi connectivity index (χ2v) is 4.50. The van der Waals surface area contributed by atoms with Gasteiger partial charge in [0.1, 0.15) is 0 Å². The van der Waals surface area contributed by atoms with E-state index in [0.29, 0.717) is 0 Å². The fourth-order valence-electron chi connectivity index (χ4n) is 1.65. The molecule has 3 heteroatoms. The lowest BCUT2D eigenvalue weighted by Crippen LogP contribution is -2.12. The molecule has 16 heavy (non-hydrogen) atoms. The molecule has 0 aliphatic heterocycles. The first kappa shape index (κ1) is 11.4. The molecule has 2 aromatic rings. The van der Waals surface area contributed by atoms with Gasteiger partial charge in [0.2, 0.25) is 21.5 Å². The summed E-state index contributed by atoms with van der Waals surface area (Å²) in [5, 5.41) is 0. The molecule has 1 N–H and O–H groups in total. The van der Waals surface area contributed by atoms with E-state index in [0.717, 1.165) is 11.1 Å². The lowest BCUT2D eigenvalue weighted by Gasteiger charge is -2.15. The third-order valence-electron chi connectivity index (χ3n) is 2.42. The number of rotatable bonds is 4. The van der Waals surface area contributed by atoms with Crippen LogP contribution < -0.4 is 3.53 Å². The Balaban J connectivity index is 2.35. The van der Waals surface area contributed by atoms with E-state index in [1.807, 2.05) is 60.7 Å². The molecular formula is C13H12INO. The van der Waals surface area contributed by atoms with E-state index in [4.69, 9.17) is 0 Å². The van der Waals surface area contributed by atoms with Crippen molar-refractivity contribution in [3.8, 4) is 0 Å². The van der Waals surface area contributed by atoms with Gasteiger partial charge in [-0.3, -0.25) is 3.07 Å². The van der Waals surface area contributed by atoms with Crippen molar-refractivity contribution in [2.45, 2.75) is 6.04 Å². The maximum Gasteiger partial charge on any atom is 0.237 e. The molecule has 0 fully saturated rings. The van der Waals surface area contributed by atoms with Crippen LogP contribution in [0.2, 0.25) is 0 Å². The van der Waals surface area contributed by atoms with Crippen LogP contribution >= 0.6 is 21.5 Å². The standard InChI is InChI=1S/C13H12INO/c16-14-15-13(11-7-3-1-4-8-11)12-9-5-2-6-10-12/h1-10,13H,(H,15,16). The van der Waals surface area contributed by atoms with Crippen molar-refractivity contribution in [2.75, 3.05) is 0 Å². The Labute approximate surface area is 106 Å². The van der Waals surface area contributed by atoms with Crippen molar-refractivity contribution in [1.82, 2.24) is 3.53 Å². The van der Waals surface area contributed by atoms with Gasteiger partial charge < -0.3 is 0 Å². The molecule has 0 spiro atoms. The molecule has 0 heterocycles. The average Bonchev–Trinajstić information content (AvgIpc) is 2.38. The Bertz CT molecular complexity index is 405. The first-order valence-electron chi connectivity index (χ1n) is 5.03. The van der Waals surface area contributed by atoms with Gasteiger partial charge in [0, 0.05) is 0 Å². The minimum absolute atomic E-state index is 0.0349. The Kier molecular flexibility index (Phi) is 4.18. The molecule has 0 saturated heterocycles. The van der Waals surface area contributed by atoms with Gasteiger partial charge in [-0.05, 0) is 11.1 Å². The molecule has 0 saturated carbocycles. The zero-order valence-corrected chi connectivity index (χ0v) is 10.8. The summed E-state index contributed by atoms with van der Waals surface area (Å²) in [5.74, 6) is 0. The Morgan fingerprint density at radius 1 is 0.812 bits per heavy atom. The quantitative estimate of drug-likeness (QED) is 0.687. The molecule has 0 amide bonds. The predicted octanol–water partition coefficient (Wildman–Crippen LogP) is 3.60. The Morgan fingerprint density at radius 3 is 1.62 bits per heavy atom. The maximum atomic E-state index is 10.9. The molecule has 0 aromatic heterocycles. The van der Waals surface area contributed by atoms with Crippen LogP contribution in [0, 0.1) is 0 Å². The molecule has 2 aromatic carbocycles. The molecule has 2 rings (SSSR count). The van der Waals surface area contributed by atoms with Crippen LogP contribution in [0.3, 0.4) is 0 Å². The van der Waals surface area contributed by atoms with Gasteiger partial charge in [0.15, 0.2) is 0 Å². The summed E-state index contributed by atoms with van der Waals surface area (Å²) in [4.78, 5) is 0. The number of halogens is 1. The van der Waals surface area contributed by atoms with Crippen LogP contribution in [-0.4, -0.2) is 0 Å². The number of nitrogens with one attached hydrogen (secondary N) is 1. The average molecular weight is 325 g/mol. The minimum Gasteiger partial charge on any atom is -0.252 e. The van der Waals surface area contributed by atoms with Crippen LogP contribution in [0.25, 0.3) is 0 Å². The van der Waals surface area contributed by atoms with Crippen LogP contribution in [-0.2, 0) is 3.07 Å². The highest BCUT2D eigenvalue weighted by atomic mass is 127. The molecule has 0 aliphatic rings. The predicted molar refractivity (Wildman–Crippen MR) is 72.6 cm³/mol. The molecule has 0 bridgehead atoms. The summed E-state index contributed by atoms with van der Waals surface area (Å²) in [7, 11) is 0. The van der Waals surface area contributed by atoms with Gasteiger partial charge in [-0.15, -0.1) is 0 Å². The SMILES string of the molecule is O=INC(c1ccccc1)c1ccccc1. The topological polar surface area (TPSA) is 29.1 Å². The normalized spacial score (nSPS) is 10.6. The molecule has 0 aliphatic carbocycles. The fraction of sp³-hybridized carbons (Fsp3) is 0.0769. The van der Waals surface area contributed by atoms with Crippen molar-refractivity contribution >= 4 is 21.5 Å². The Morgan fingerprint density at radius 2 is 1.25 bits per heavy atom. The molecule has 0 radical (unpaired) electrons. The van der Waals surface area contributed by atoms with Gasteiger partial charge in [0.25, 0.3) is 0 Å². The van der Waals surface area contributed by atoms with E-state index in [-0.39, 0.29) is 6.04 Å². The fourth-order valence-corrected chi connectivity index (χ4v) is 2.63. The zero-order valence-electron chi connectivity index (χ0n) is 8.64.